The van der Waals surface area contributed by atoms with Crippen LogP contribution in [0, 0.1) is 11.3 Å². The van der Waals surface area contributed by atoms with Crippen LogP contribution in [0.15, 0.2) is 103 Å². The molecule has 5 aliphatic rings. The molecule has 5 heterocycles. The van der Waals surface area contributed by atoms with E-state index in [0.29, 0.717) is 56.2 Å². The zero-order chi connectivity index (χ0) is 71.2. The molecule has 0 saturated carbocycles. The number of aliphatic hydroxyl groups is 2. The van der Waals surface area contributed by atoms with Gasteiger partial charge in [0.1, 0.15) is 25.3 Å². The van der Waals surface area contributed by atoms with E-state index in [-0.39, 0.29) is 142 Å². The summed E-state index contributed by atoms with van der Waals surface area (Å²) in [6, 6.07) is 16.8. The van der Waals surface area contributed by atoms with E-state index < -0.39 is 89.8 Å². The third-order valence-corrected chi connectivity index (χ3v) is 17.9. The fraction of sp³-hybridized carbons (Fsp3) is 0.465. The molecular weight excluding hydrogens is 1280 g/mol. The minimum absolute atomic E-state index is 0.0248. The van der Waals surface area contributed by atoms with Crippen molar-refractivity contribution < 1.29 is 86.6 Å². The molecule has 11 amide bonds. The van der Waals surface area contributed by atoms with Crippen molar-refractivity contribution >= 4 is 76.6 Å². The summed E-state index contributed by atoms with van der Waals surface area (Å²) in [5.74, 6) is -2.80. The van der Waals surface area contributed by atoms with Crippen molar-refractivity contribution in [2.24, 2.45) is 17.1 Å². The van der Waals surface area contributed by atoms with Gasteiger partial charge in [-0.2, -0.15) is 0 Å². The quantitative estimate of drug-likeness (QED) is 0.0160. The molecule has 5 aliphatic heterocycles. The number of primary amides is 1. The molecule has 6 atom stereocenters. The standard InChI is InChI=1S/C71H88N10O18/c1-42(2)61(76-58(82)21-13-9-14-29-77-59(83)26-27-60(77)84)63(86)75-49(20-17-28-73-68(72)91)62(85)74-46-24-22-45(23-25-46)40-99-70(93)81-51-36-57(55(95-7)34-48(51)65(88)79-41-71(4,5)37-53(79)67(81)90)97-31-16-10-15-30-96-56-35-50-47(33-54(56)94-6)64(87)78-38-43(3)32-52(78)66(89)80(50)69(92)98-39-44-18-11-8-12-19-44/h8,11-12,18-19,22-27,33-36,42,49,52-53,61,66-67,89-90H,3,9-10,13-17,20-21,28-32,37-41H2,1-2,4-7H3,(H,74,85)(H,75,86)(H,76,82)(H3,72,73,91)/t49-,52-,53-,61-,66?,67?/m0/s1. The van der Waals surface area contributed by atoms with Crippen molar-refractivity contribution in [3.63, 3.8) is 0 Å². The molecular formula is C71H88N10O18. The maximum absolute atomic E-state index is 14.5. The van der Waals surface area contributed by atoms with Gasteiger partial charge in [0.05, 0.1) is 62.0 Å². The number of carbonyl (C=O) groups is 10. The van der Waals surface area contributed by atoms with Gasteiger partial charge in [0.15, 0.2) is 35.5 Å². The molecule has 2 fully saturated rings. The zero-order valence-electron chi connectivity index (χ0n) is 56.6. The molecule has 0 spiro atoms. The number of fused-ring (bicyclic) bond motifs is 4. The van der Waals surface area contributed by atoms with Gasteiger partial charge in [0.25, 0.3) is 23.6 Å². The molecule has 0 radical (unpaired) electrons. The second kappa shape index (κ2) is 32.9. The summed E-state index contributed by atoms with van der Waals surface area (Å²) in [7, 11) is 2.85. The van der Waals surface area contributed by atoms with Gasteiger partial charge in [-0.1, -0.05) is 88.7 Å². The van der Waals surface area contributed by atoms with Crippen molar-refractivity contribution in [3.8, 4) is 23.0 Å². The van der Waals surface area contributed by atoms with Crippen LogP contribution in [0.3, 0.4) is 0 Å². The molecule has 530 valence electrons. The lowest BCUT2D eigenvalue weighted by Gasteiger charge is -2.32. The fourth-order valence-electron chi connectivity index (χ4n) is 12.7. The lowest BCUT2D eigenvalue weighted by atomic mass is 9.90. The summed E-state index contributed by atoms with van der Waals surface area (Å²) < 4.78 is 35.6. The number of methoxy groups -OCH3 is 2. The number of hydrogen-bond acceptors (Lipinski definition) is 18. The highest BCUT2D eigenvalue weighted by molar-refractivity contribution is 6.13. The van der Waals surface area contributed by atoms with Crippen LogP contribution < -0.4 is 55.7 Å². The van der Waals surface area contributed by atoms with Gasteiger partial charge in [0.2, 0.25) is 17.7 Å². The van der Waals surface area contributed by atoms with Crippen LogP contribution in [0.4, 0.5) is 31.4 Å². The first kappa shape index (κ1) is 73.0. The average molecular weight is 1370 g/mol. The monoisotopic (exact) mass is 1370 g/mol. The highest BCUT2D eigenvalue weighted by atomic mass is 16.6. The van der Waals surface area contributed by atoms with Gasteiger partial charge >= 0.3 is 18.2 Å². The van der Waals surface area contributed by atoms with E-state index in [9.17, 15) is 58.2 Å². The molecule has 0 aliphatic carbocycles. The molecule has 99 heavy (non-hydrogen) atoms. The Labute approximate surface area is 574 Å². The summed E-state index contributed by atoms with van der Waals surface area (Å²) in [5.41, 5.74) is 7.37. The van der Waals surface area contributed by atoms with Crippen molar-refractivity contribution in [3.05, 3.63) is 125 Å². The maximum atomic E-state index is 14.5. The molecule has 9 rings (SSSR count). The van der Waals surface area contributed by atoms with Gasteiger partial charge in [-0.25, -0.2) is 24.2 Å². The normalized spacial score (nSPS) is 18.9. The predicted octanol–water partition coefficient (Wildman–Crippen LogP) is 6.79. The van der Waals surface area contributed by atoms with Crippen LogP contribution >= 0.6 is 0 Å². The molecule has 28 heteroatoms. The van der Waals surface area contributed by atoms with E-state index in [1.54, 1.807) is 55.1 Å². The molecule has 2 unspecified atom stereocenters. The second-order valence-corrected chi connectivity index (χ2v) is 26.2. The third kappa shape index (κ3) is 17.9. The third-order valence-electron chi connectivity index (χ3n) is 17.9. The lowest BCUT2D eigenvalue weighted by Crippen LogP contribution is -2.54. The summed E-state index contributed by atoms with van der Waals surface area (Å²) >= 11 is 0. The summed E-state index contributed by atoms with van der Waals surface area (Å²) in [4.78, 5) is 139. The van der Waals surface area contributed by atoms with Crippen LogP contribution in [0.5, 0.6) is 23.0 Å². The van der Waals surface area contributed by atoms with E-state index in [4.69, 9.17) is 34.2 Å². The van der Waals surface area contributed by atoms with Gasteiger partial charge in [0, 0.05) is 62.6 Å². The number of ether oxygens (including phenoxy) is 6. The van der Waals surface area contributed by atoms with E-state index in [0.717, 1.165) is 25.8 Å². The van der Waals surface area contributed by atoms with Gasteiger partial charge in [-0.15, -0.1) is 0 Å². The SMILES string of the molecule is C=C1C[C@H]2C(O)N(C(=O)OCc3ccccc3)c3cc(OCCCCCOc4cc5c(cc4OC)C(=O)N4CC(C)(C)C[C@H]4C(O)N5C(=O)OCc4ccc(NC(=O)[C@H](CCCNC(N)=O)NC(=O)[C@@H](NC(=O)CCCCCN5C(=O)C=CC5=O)C(C)C)cc4)c(OC)cc3C(=O)N2C1. The van der Waals surface area contributed by atoms with E-state index in [1.807, 2.05) is 32.0 Å². The Morgan fingerprint density at radius 2 is 1.22 bits per heavy atom. The Morgan fingerprint density at radius 1 is 0.667 bits per heavy atom. The molecule has 4 aromatic carbocycles. The topological polar surface area (TPSA) is 357 Å². The van der Waals surface area contributed by atoms with Crippen LogP contribution in [-0.2, 0) is 46.7 Å². The number of anilines is 3. The molecule has 0 bridgehead atoms. The fourth-order valence-corrected chi connectivity index (χ4v) is 12.7. The van der Waals surface area contributed by atoms with E-state index in [2.05, 4.69) is 27.8 Å². The number of amides is 11. The molecule has 28 nitrogen and oxygen atoms in total. The number of carbonyl (C=O) groups excluding carboxylic acids is 10. The Morgan fingerprint density at radius 3 is 1.79 bits per heavy atom. The van der Waals surface area contributed by atoms with Gasteiger partial charge in [-0.05, 0) is 105 Å². The van der Waals surface area contributed by atoms with Crippen molar-refractivity contribution in [1.29, 1.82) is 0 Å². The minimum Gasteiger partial charge on any atom is -0.493 e. The Bertz CT molecular complexity index is 3700. The number of nitrogens with two attached hydrogens (primary N) is 1. The van der Waals surface area contributed by atoms with E-state index >= 15 is 0 Å². The number of urea groups is 1. The van der Waals surface area contributed by atoms with Gasteiger partial charge in [-0.3, -0.25) is 38.5 Å². The van der Waals surface area contributed by atoms with Crippen LogP contribution in [0.2, 0.25) is 0 Å². The Hall–Kier alpha value is -10.2. The Balaban J connectivity index is 0.819. The molecule has 2 saturated heterocycles. The smallest absolute Gasteiger partial charge is 0.416 e. The molecule has 4 aromatic rings. The summed E-state index contributed by atoms with van der Waals surface area (Å²) in [6.45, 7) is 12.2. The lowest BCUT2D eigenvalue weighted by molar-refractivity contribution is -0.137. The summed E-state index contributed by atoms with van der Waals surface area (Å²) in [5, 5.41) is 34.8. The second-order valence-electron chi connectivity index (χ2n) is 26.2. The van der Waals surface area contributed by atoms with Crippen LogP contribution in [-0.4, -0.2) is 175 Å². The average Bonchev–Trinajstić information content (AvgIpc) is 1.62. The predicted molar refractivity (Wildman–Crippen MR) is 361 cm³/mol. The molecule has 0 aromatic heterocycles. The Kier molecular flexibility index (Phi) is 24.3. The van der Waals surface area contributed by atoms with Gasteiger partial charge < -0.3 is 75.4 Å². The first-order chi connectivity index (χ1) is 47.4. The number of nitrogens with one attached hydrogen (secondary N) is 4. The number of aliphatic hydroxyl groups excluding tert-OH is 2. The van der Waals surface area contributed by atoms with Crippen molar-refractivity contribution in [2.75, 3.05) is 68.7 Å². The van der Waals surface area contributed by atoms with Crippen molar-refractivity contribution in [1.82, 2.24) is 30.7 Å². The zero-order valence-corrected chi connectivity index (χ0v) is 56.6. The number of rotatable bonds is 30. The highest BCUT2D eigenvalue weighted by Gasteiger charge is 2.51. The first-order valence-electron chi connectivity index (χ1n) is 33.2. The largest absolute Gasteiger partial charge is 0.493 e. The minimum atomic E-state index is -1.56. The number of nitrogens with zero attached hydrogens (tertiary/aromatic N) is 5. The maximum Gasteiger partial charge on any atom is 0.416 e. The summed E-state index contributed by atoms with van der Waals surface area (Å²) in [6.07, 6.45) is 1.61. The number of unbranched alkanes of at least 4 members (excludes halogenated alkanes) is 4. The van der Waals surface area contributed by atoms with E-state index in [1.165, 1.54) is 55.5 Å². The first-order valence-corrected chi connectivity index (χ1v) is 33.2. The van der Waals surface area contributed by atoms with Crippen LogP contribution in [0.25, 0.3) is 0 Å². The number of benzene rings is 4. The highest BCUT2D eigenvalue weighted by Crippen LogP contribution is 2.46. The number of hydrogen-bond donors (Lipinski definition) is 7. The van der Waals surface area contributed by atoms with Crippen LogP contribution in [0.1, 0.15) is 130 Å². The number of imide groups is 1. The molecule has 8 N–H and O–H groups in total. The van der Waals surface area contributed by atoms with Crippen molar-refractivity contribution in [2.45, 2.75) is 148 Å².